The Labute approximate surface area is 194 Å². The van der Waals surface area contributed by atoms with E-state index in [1.54, 1.807) is 48.5 Å². The van der Waals surface area contributed by atoms with Crippen molar-refractivity contribution >= 4 is 46.6 Å². The first kappa shape index (κ1) is 21.9. The van der Waals surface area contributed by atoms with Gasteiger partial charge in [0.25, 0.3) is 11.1 Å². The van der Waals surface area contributed by atoms with Crippen molar-refractivity contribution < 1.29 is 19.1 Å². The summed E-state index contributed by atoms with van der Waals surface area (Å²) < 4.78 is 5.42. The second kappa shape index (κ2) is 9.42. The third-order valence-corrected chi connectivity index (χ3v) is 5.87. The van der Waals surface area contributed by atoms with Gasteiger partial charge in [-0.25, -0.2) is 4.79 Å². The molecule has 4 rings (SSSR count). The van der Waals surface area contributed by atoms with Gasteiger partial charge in [0, 0.05) is 5.02 Å². The van der Waals surface area contributed by atoms with Gasteiger partial charge in [0.2, 0.25) is 0 Å². The summed E-state index contributed by atoms with van der Waals surface area (Å²) in [5.41, 5.74) is 2.93. The summed E-state index contributed by atoms with van der Waals surface area (Å²) in [6.07, 6.45) is 1.62. The van der Waals surface area contributed by atoms with Crippen molar-refractivity contribution in [3.05, 3.63) is 105 Å². The Morgan fingerprint density at radius 1 is 1.03 bits per heavy atom. The molecular weight excluding hydrogens is 446 g/mol. The molecule has 1 saturated heterocycles. The van der Waals surface area contributed by atoms with E-state index in [9.17, 15) is 14.4 Å². The Bertz CT molecular complexity index is 1250. The van der Waals surface area contributed by atoms with Crippen molar-refractivity contribution in [2.75, 3.05) is 0 Å². The highest BCUT2D eigenvalue weighted by Gasteiger charge is 2.35. The van der Waals surface area contributed by atoms with Gasteiger partial charge in [-0.2, -0.15) is 0 Å². The Morgan fingerprint density at radius 3 is 2.59 bits per heavy atom. The molecule has 3 aromatic carbocycles. The van der Waals surface area contributed by atoms with Crippen LogP contribution in [0.25, 0.3) is 6.08 Å². The Kier molecular flexibility index (Phi) is 6.44. The van der Waals surface area contributed by atoms with Crippen molar-refractivity contribution in [3.63, 3.8) is 0 Å². The maximum absolute atomic E-state index is 12.8. The van der Waals surface area contributed by atoms with Crippen LogP contribution >= 0.6 is 23.4 Å². The molecule has 0 unspecified atom stereocenters. The number of ether oxygens (including phenoxy) is 1. The first-order valence-electron chi connectivity index (χ1n) is 9.78. The summed E-state index contributed by atoms with van der Waals surface area (Å²) in [6.45, 7) is 2.18. The molecule has 32 heavy (non-hydrogen) atoms. The van der Waals surface area contributed by atoms with E-state index in [4.69, 9.17) is 16.3 Å². The number of hydrogen-bond acceptors (Lipinski definition) is 5. The normalized spacial score (nSPS) is 14.8. The fourth-order valence-corrected chi connectivity index (χ4v) is 4.26. The lowest BCUT2D eigenvalue weighted by atomic mass is 10.1. The zero-order chi connectivity index (χ0) is 22.7. The minimum absolute atomic E-state index is 0.223. The van der Waals surface area contributed by atoms with Gasteiger partial charge in [-0.05, 0) is 66.2 Å². The number of amides is 2. The van der Waals surface area contributed by atoms with Gasteiger partial charge in [0.05, 0.1) is 17.0 Å². The highest BCUT2D eigenvalue weighted by Crippen LogP contribution is 2.33. The van der Waals surface area contributed by atoms with Crippen LogP contribution in [0.15, 0.2) is 77.7 Å². The number of nitrogens with zero attached hydrogens (tertiary/aromatic N) is 1. The molecule has 1 aliphatic rings. The molecule has 0 aliphatic carbocycles. The first-order valence-corrected chi connectivity index (χ1v) is 11.0. The smallest absolute Gasteiger partial charge is 0.343 e. The van der Waals surface area contributed by atoms with Crippen LogP contribution in [-0.2, 0) is 11.3 Å². The van der Waals surface area contributed by atoms with Gasteiger partial charge in [-0.3, -0.25) is 14.5 Å². The predicted octanol–water partition coefficient (Wildman–Crippen LogP) is 6.10. The van der Waals surface area contributed by atoms with Crippen LogP contribution in [0, 0.1) is 6.92 Å². The number of imide groups is 1. The fourth-order valence-electron chi connectivity index (χ4n) is 3.23. The number of rotatable bonds is 5. The second-order valence-electron chi connectivity index (χ2n) is 7.23. The van der Waals surface area contributed by atoms with Crippen molar-refractivity contribution in [2.45, 2.75) is 13.5 Å². The Balaban J connectivity index is 1.49. The van der Waals surface area contributed by atoms with Crippen LogP contribution in [0.5, 0.6) is 5.75 Å². The van der Waals surface area contributed by atoms with E-state index in [0.717, 1.165) is 22.9 Å². The average molecular weight is 464 g/mol. The van der Waals surface area contributed by atoms with Crippen LogP contribution in [-0.4, -0.2) is 22.0 Å². The van der Waals surface area contributed by atoms with E-state index in [1.807, 2.05) is 31.2 Å². The van der Waals surface area contributed by atoms with Gasteiger partial charge in [0.1, 0.15) is 5.75 Å². The molecule has 160 valence electrons. The highest BCUT2D eigenvalue weighted by atomic mass is 35.5. The Morgan fingerprint density at radius 2 is 1.81 bits per heavy atom. The summed E-state index contributed by atoms with van der Waals surface area (Å²) in [7, 11) is 0. The maximum Gasteiger partial charge on any atom is 0.343 e. The number of hydrogen-bond donors (Lipinski definition) is 0. The lowest BCUT2D eigenvalue weighted by Crippen LogP contribution is -2.27. The van der Waals surface area contributed by atoms with E-state index in [-0.39, 0.29) is 17.7 Å². The van der Waals surface area contributed by atoms with Crippen molar-refractivity contribution in [3.8, 4) is 5.75 Å². The van der Waals surface area contributed by atoms with E-state index >= 15 is 0 Å². The maximum atomic E-state index is 12.8. The summed E-state index contributed by atoms with van der Waals surface area (Å²) >= 11 is 6.82. The molecule has 3 aromatic rings. The van der Waals surface area contributed by atoms with Crippen LogP contribution in [0.1, 0.15) is 27.0 Å². The van der Waals surface area contributed by atoms with Crippen molar-refractivity contribution in [1.29, 1.82) is 0 Å². The highest BCUT2D eigenvalue weighted by molar-refractivity contribution is 8.18. The lowest BCUT2D eigenvalue weighted by Gasteiger charge is -2.12. The minimum Gasteiger partial charge on any atom is -0.423 e. The third kappa shape index (κ3) is 5.10. The van der Waals surface area contributed by atoms with E-state index in [2.05, 4.69) is 0 Å². The van der Waals surface area contributed by atoms with Gasteiger partial charge in [-0.15, -0.1) is 0 Å². The van der Waals surface area contributed by atoms with E-state index < -0.39 is 5.97 Å². The second-order valence-corrected chi connectivity index (χ2v) is 8.66. The molecule has 0 N–H and O–H groups in total. The zero-order valence-corrected chi connectivity index (χ0v) is 18.7. The topological polar surface area (TPSA) is 63.7 Å². The van der Waals surface area contributed by atoms with E-state index in [1.165, 1.54) is 11.0 Å². The number of carbonyl (C=O) groups excluding carboxylic acids is 3. The third-order valence-electron chi connectivity index (χ3n) is 4.72. The Hall–Kier alpha value is -3.35. The van der Waals surface area contributed by atoms with Crippen LogP contribution < -0.4 is 4.74 Å². The molecule has 5 nitrogen and oxygen atoms in total. The van der Waals surface area contributed by atoms with Gasteiger partial charge >= 0.3 is 5.97 Å². The standard InChI is InChI=1S/C25H18ClNO4S/c1-16-5-2-7-18(11-16)15-27-23(28)22(32-25(27)30)13-17-6-3-10-21(12-17)31-24(29)19-8-4-9-20(26)14-19/h2-14H,15H2,1H3/b22-13-. The van der Waals surface area contributed by atoms with Gasteiger partial charge in [0.15, 0.2) is 0 Å². The summed E-state index contributed by atoms with van der Waals surface area (Å²) in [6, 6.07) is 20.9. The molecule has 0 spiro atoms. The number of thioether (sulfide) groups is 1. The SMILES string of the molecule is Cc1cccc(CN2C(=O)S/C(=C\c3cccc(OC(=O)c4cccc(Cl)c4)c3)C2=O)c1. The quantitative estimate of drug-likeness (QED) is 0.260. The molecule has 0 bridgehead atoms. The van der Waals surface area contributed by atoms with Crippen molar-refractivity contribution in [2.24, 2.45) is 0 Å². The van der Waals surface area contributed by atoms with Crippen LogP contribution in [0.2, 0.25) is 5.02 Å². The van der Waals surface area contributed by atoms with Gasteiger partial charge in [-0.1, -0.05) is 59.6 Å². The van der Waals surface area contributed by atoms with Gasteiger partial charge < -0.3 is 4.74 Å². The molecule has 0 saturated carbocycles. The molecule has 1 fully saturated rings. The molecule has 7 heteroatoms. The molecule has 0 aromatic heterocycles. The lowest BCUT2D eigenvalue weighted by molar-refractivity contribution is -0.123. The molecule has 1 aliphatic heterocycles. The number of esters is 1. The first-order chi connectivity index (χ1) is 15.4. The monoisotopic (exact) mass is 463 g/mol. The molecule has 1 heterocycles. The summed E-state index contributed by atoms with van der Waals surface area (Å²) in [5.74, 6) is -0.561. The molecule has 0 atom stereocenters. The number of halogens is 1. The fraction of sp³-hybridized carbons (Fsp3) is 0.0800. The summed E-state index contributed by atoms with van der Waals surface area (Å²) in [4.78, 5) is 39.1. The average Bonchev–Trinajstić information content (AvgIpc) is 3.01. The zero-order valence-electron chi connectivity index (χ0n) is 17.1. The number of carbonyl (C=O) groups is 3. The molecule has 0 radical (unpaired) electrons. The number of aryl methyl sites for hydroxylation is 1. The molecular formula is C25H18ClNO4S. The summed E-state index contributed by atoms with van der Waals surface area (Å²) in [5, 5.41) is 0.126. The molecule has 2 amide bonds. The van der Waals surface area contributed by atoms with Crippen LogP contribution in [0.4, 0.5) is 4.79 Å². The van der Waals surface area contributed by atoms with Crippen LogP contribution in [0.3, 0.4) is 0 Å². The predicted molar refractivity (Wildman–Crippen MR) is 126 cm³/mol. The van der Waals surface area contributed by atoms with E-state index in [0.29, 0.717) is 26.8 Å². The largest absolute Gasteiger partial charge is 0.423 e. The number of benzene rings is 3. The van der Waals surface area contributed by atoms with Crippen molar-refractivity contribution in [1.82, 2.24) is 4.90 Å². The minimum atomic E-state index is -0.539.